The monoisotopic (exact) mass is 237 g/mol. The van der Waals surface area contributed by atoms with Gasteiger partial charge in [0.1, 0.15) is 6.04 Å². The maximum Gasteiger partial charge on any atom is 0.326 e. The molecule has 0 saturated carbocycles. The average Bonchev–Trinajstić information content (AvgIpc) is 2.70. The number of aliphatic carboxylic acids is 1. The highest BCUT2D eigenvalue weighted by atomic mass is 16.4. The molecule has 0 saturated heterocycles. The van der Waals surface area contributed by atoms with Gasteiger partial charge in [-0.1, -0.05) is 17.7 Å². The molecule has 1 rings (SSSR count). The first-order valence-corrected chi connectivity index (χ1v) is 5.89. The third-order valence-corrected chi connectivity index (χ3v) is 2.98. The summed E-state index contributed by atoms with van der Waals surface area (Å²) in [6.07, 6.45) is 6.53. The molecule has 17 heavy (non-hydrogen) atoms. The molecule has 4 heteroatoms. The first kappa shape index (κ1) is 13.5. The minimum atomic E-state index is -0.993. The first-order chi connectivity index (χ1) is 8.06. The van der Waals surface area contributed by atoms with E-state index in [1.165, 1.54) is 0 Å². The molecule has 0 aromatic carbocycles. The van der Waals surface area contributed by atoms with Crippen LogP contribution < -0.4 is 5.32 Å². The lowest BCUT2D eigenvalue weighted by Gasteiger charge is -2.13. The smallest absolute Gasteiger partial charge is 0.326 e. The average molecular weight is 237 g/mol. The van der Waals surface area contributed by atoms with Gasteiger partial charge in [-0.2, -0.15) is 0 Å². The Balaban J connectivity index is 2.64. The van der Waals surface area contributed by atoms with Crippen molar-refractivity contribution in [1.82, 2.24) is 5.32 Å². The van der Waals surface area contributed by atoms with Crippen LogP contribution >= 0.6 is 0 Å². The molecular formula is C13H19NO3. The third kappa shape index (κ3) is 3.73. The number of hydrogen-bond donors (Lipinski definition) is 2. The van der Waals surface area contributed by atoms with E-state index in [0.717, 1.165) is 30.4 Å². The van der Waals surface area contributed by atoms with Crippen LogP contribution in [0.3, 0.4) is 0 Å². The molecule has 0 aliphatic heterocycles. The Kier molecular flexibility index (Phi) is 4.94. The van der Waals surface area contributed by atoms with Crippen LogP contribution in [0.5, 0.6) is 0 Å². The molecule has 0 spiro atoms. The van der Waals surface area contributed by atoms with Gasteiger partial charge in [0.05, 0.1) is 0 Å². The summed E-state index contributed by atoms with van der Waals surface area (Å²) in [6.45, 7) is 3.76. The fourth-order valence-corrected chi connectivity index (χ4v) is 1.94. The predicted molar refractivity (Wildman–Crippen MR) is 65.5 cm³/mol. The first-order valence-electron chi connectivity index (χ1n) is 5.89. The topological polar surface area (TPSA) is 66.4 Å². The van der Waals surface area contributed by atoms with Crippen molar-refractivity contribution in [2.75, 3.05) is 0 Å². The molecule has 0 fully saturated rings. The van der Waals surface area contributed by atoms with E-state index in [0.29, 0.717) is 6.42 Å². The van der Waals surface area contributed by atoms with Gasteiger partial charge in [-0.3, -0.25) is 4.79 Å². The van der Waals surface area contributed by atoms with E-state index in [9.17, 15) is 9.59 Å². The molecule has 94 valence electrons. The van der Waals surface area contributed by atoms with Crippen LogP contribution in [0.25, 0.3) is 0 Å². The highest BCUT2D eigenvalue weighted by Gasteiger charge is 2.23. The Labute approximate surface area is 101 Å². The van der Waals surface area contributed by atoms with Crippen molar-refractivity contribution in [2.24, 2.45) is 0 Å². The molecule has 2 N–H and O–H groups in total. The van der Waals surface area contributed by atoms with Crippen molar-refractivity contribution in [1.29, 1.82) is 0 Å². The molecule has 1 unspecified atom stereocenters. The van der Waals surface area contributed by atoms with Gasteiger partial charge in [0.25, 0.3) is 0 Å². The van der Waals surface area contributed by atoms with Gasteiger partial charge in [-0.25, -0.2) is 4.79 Å². The Morgan fingerprint density at radius 3 is 2.65 bits per heavy atom. The number of carbonyl (C=O) groups is 2. The maximum absolute atomic E-state index is 11.9. The van der Waals surface area contributed by atoms with Gasteiger partial charge in [0.2, 0.25) is 5.91 Å². The standard InChI is InChI=1S/C13H19NO3/c1-3-4-8-11(13(16)17)14-12(15)10-7-5-6-9(10)2/h3-4,11H,5-8H2,1-2H3,(H,14,15)(H,16,17)/b4-3+. The van der Waals surface area contributed by atoms with Crippen LogP contribution in [0.4, 0.5) is 0 Å². The second-order valence-corrected chi connectivity index (χ2v) is 4.28. The second kappa shape index (κ2) is 6.23. The number of nitrogens with one attached hydrogen (secondary N) is 1. The fourth-order valence-electron chi connectivity index (χ4n) is 1.94. The Morgan fingerprint density at radius 1 is 1.47 bits per heavy atom. The van der Waals surface area contributed by atoms with E-state index in [1.807, 2.05) is 13.8 Å². The van der Waals surface area contributed by atoms with Gasteiger partial charge >= 0.3 is 5.97 Å². The van der Waals surface area contributed by atoms with E-state index in [1.54, 1.807) is 12.2 Å². The summed E-state index contributed by atoms with van der Waals surface area (Å²) >= 11 is 0. The number of carbonyl (C=O) groups excluding carboxylic acids is 1. The summed E-state index contributed by atoms with van der Waals surface area (Å²) in [5, 5.41) is 11.6. The van der Waals surface area contributed by atoms with E-state index in [-0.39, 0.29) is 5.91 Å². The quantitative estimate of drug-likeness (QED) is 0.719. The van der Waals surface area contributed by atoms with Crippen LogP contribution in [-0.4, -0.2) is 23.0 Å². The highest BCUT2D eigenvalue weighted by Crippen LogP contribution is 2.25. The number of hydrogen-bond acceptors (Lipinski definition) is 2. The van der Waals surface area contributed by atoms with Crippen molar-refractivity contribution in [2.45, 2.75) is 45.6 Å². The van der Waals surface area contributed by atoms with E-state index < -0.39 is 12.0 Å². The number of allylic oxidation sites excluding steroid dienone is 2. The molecular weight excluding hydrogens is 218 g/mol. The zero-order chi connectivity index (χ0) is 12.8. The van der Waals surface area contributed by atoms with Crippen molar-refractivity contribution in [3.05, 3.63) is 23.3 Å². The zero-order valence-electron chi connectivity index (χ0n) is 10.3. The Bertz CT molecular complexity index is 369. The molecule has 1 aliphatic carbocycles. The van der Waals surface area contributed by atoms with Crippen molar-refractivity contribution in [3.8, 4) is 0 Å². The van der Waals surface area contributed by atoms with Crippen molar-refractivity contribution < 1.29 is 14.7 Å². The highest BCUT2D eigenvalue weighted by molar-refractivity contribution is 5.96. The molecule has 0 aromatic heterocycles. The molecule has 0 radical (unpaired) electrons. The predicted octanol–water partition coefficient (Wildman–Crippen LogP) is 2.02. The summed E-state index contributed by atoms with van der Waals surface area (Å²) in [6, 6.07) is -0.834. The zero-order valence-corrected chi connectivity index (χ0v) is 10.3. The van der Waals surface area contributed by atoms with Gasteiger partial charge in [0, 0.05) is 5.57 Å². The van der Waals surface area contributed by atoms with Gasteiger partial charge < -0.3 is 10.4 Å². The lowest BCUT2D eigenvalue weighted by atomic mass is 10.1. The van der Waals surface area contributed by atoms with Gasteiger partial charge in [-0.05, 0) is 39.5 Å². The Hall–Kier alpha value is -1.58. The minimum Gasteiger partial charge on any atom is -0.480 e. The van der Waals surface area contributed by atoms with E-state index in [4.69, 9.17) is 5.11 Å². The van der Waals surface area contributed by atoms with Crippen molar-refractivity contribution in [3.63, 3.8) is 0 Å². The van der Waals surface area contributed by atoms with Crippen LogP contribution in [0, 0.1) is 0 Å². The van der Waals surface area contributed by atoms with Gasteiger partial charge in [-0.15, -0.1) is 0 Å². The summed E-state index contributed by atoms with van der Waals surface area (Å²) in [4.78, 5) is 22.8. The largest absolute Gasteiger partial charge is 0.480 e. The molecule has 0 bridgehead atoms. The van der Waals surface area contributed by atoms with Crippen LogP contribution in [0.2, 0.25) is 0 Å². The minimum absolute atomic E-state index is 0.225. The number of amides is 1. The molecule has 1 amide bonds. The van der Waals surface area contributed by atoms with E-state index in [2.05, 4.69) is 5.32 Å². The Morgan fingerprint density at radius 2 is 2.18 bits per heavy atom. The number of rotatable bonds is 5. The lowest BCUT2D eigenvalue weighted by molar-refractivity contribution is -0.141. The summed E-state index contributed by atoms with van der Waals surface area (Å²) in [5.41, 5.74) is 1.84. The third-order valence-electron chi connectivity index (χ3n) is 2.98. The summed E-state index contributed by atoms with van der Waals surface area (Å²) in [7, 11) is 0. The molecule has 1 aliphatic rings. The second-order valence-electron chi connectivity index (χ2n) is 4.28. The van der Waals surface area contributed by atoms with Crippen LogP contribution in [-0.2, 0) is 9.59 Å². The summed E-state index contributed by atoms with van der Waals surface area (Å²) < 4.78 is 0. The van der Waals surface area contributed by atoms with Crippen molar-refractivity contribution >= 4 is 11.9 Å². The molecule has 0 aromatic rings. The normalized spacial score (nSPS) is 17.5. The van der Waals surface area contributed by atoms with Gasteiger partial charge in [0.15, 0.2) is 0 Å². The lowest BCUT2D eigenvalue weighted by Crippen LogP contribution is -2.41. The van der Waals surface area contributed by atoms with E-state index >= 15 is 0 Å². The SMILES string of the molecule is C/C=C/CC(NC(=O)C1=C(C)CCC1)C(=O)O. The van der Waals surface area contributed by atoms with Crippen LogP contribution in [0.15, 0.2) is 23.3 Å². The number of carboxylic acid groups (broad SMARTS) is 1. The van der Waals surface area contributed by atoms with Crippen LogP contribution in [0.1, 0.15) is 39.5 Å². The fraction of sp³-hybridized carbons (Fsp3) is 0.538. The number of carboxylic acids is 1. The summed E-state index contributed by atoms with van der Waals surface area (Å²) in [5.74, 6) is -1.22. The molecule has 4 nitrogen and oxygen atoms in total. The molecule has 0 heterocycles. The maximum atomic E-state index is 11.9. The molecule has 1 atom stereocenters.